The number of carboxylic acids is 1. The number of benzene rings is 2. The molecule has 0 atom stereocenters. The van der Waals surface area contributed by atoms with Gasteiger partial charge in [-0.3, -0.25) is 0 Å². The van der Waals surface area contributed by atoms with Gasteiger partial charge in [0, 0.05) is 22.0 Å². The molecular weight excluding hydrogens is 424 g/mol. The van der Waals surface area contributed by atoms with Crippen LogP contribution in [-0.4, -0.2) is 21.0 Å². The Hall–Kier alpha value is -3.86. The molecule has 2 aromatic carbocycles. The molecule has 1 saturated carbocycles. The first kappa shape index (κ1) is 20.7. The van der Waals surface area contributed by atoms with Crippen molar-refractivity contribution in [1.29, 1.82) is 0 Å². The summed E-state index contributed by atoms with van der Waals surface area (Å²) in [6.07, 6.45) is 6.10. The normalized spacial score (nSPS) is 14.7. The summed E-state index contributed by atoms with van der Waals surface area (Å²) in [5.74, 6) is 1.21. The molecule has 0 bridgehead atoms. The van der Waals surface area contributed by atoms with Crippen molar-refractivity contribution in [1.82, 2.24) is 9.97 Å². The van der Waals surface area contributed by atoms with E-state index in [2.05, 4.69) is 29.2 Å². The number of pyridine rings is 1. The van der Waals surface area contributed by atoms with E-state index in [9.17, 15) is 9.90 Å². The van der Waals surface area contributed by atoms with Gasteiger partial charge in [-0.05, 0) is 79.3 Å². The maximum Gasteiger partial charge on any atom is 0.335 e. The second-order valence-electron chi connectivity index (χ2n) is 9.33. The first-order chi connectivity index (χ1) is 16.6. The number of aryl methyl sites for hydroxylation is 1. The average molecular weight is 451 g/mol. The monoisotopic (exact) mass is 450 g/mol. The van der Waals surface area contributed by atoms with E-state index in [4.69, 9.17) is 9.40 Å². The molecule has 0 saturated heterocycles. The molecule has 5 aromatic rings. The van der Waals surface area contributed by atoms with Crippen LogP contribution in [0.5, 0.6) is 0 Å². The minimum Gasteiger partial charge on any atom is -0.478 e. The zero-order valence-corrected chi connectivity index (χ0v) is 19.1. The van der Waals surface area contributed by atoms with Crippen LogP contribution < -0.4 is 0 Å². The molecule has 34 heavy (non-hydrogen) atoms. The van der Waals surface area contributed by atoms with Crippen molar-refractivity contribution in [3.8, 4) is 22.7 Å². The summed E-state index contributed by atoms with van der Waals surface area (Å²) in [4.78, 5) is 19.9. The summed E-state index contributed by atoms with van der Waals surface area (Å²) >= 11 is 0. The minimum atomic E-state index is -0.906. The first-order valence-electron chi connectivity index (χ1n) is 11.9. The van der Waals surface area contributed by atoms with Crippen LogP contribution in [0.1, 0.15) is 59.7 Å². The van der Waals surface area contributed by atoms with Crippen molar-refractivity contribution in [2.45, 2.75) is 44.9 Å². The number of carboxylic acid groups (broad SMARTS) is 1. The van der Waals surface area contributed by atoms with Crippen molar-refractivity contribution in [3.63, 3.8) is 0 Å². The highest BCUT2D eigenvalue weighted by Crippen LogP contribution is 2.43. The highest BCUT2D eigenvalue weighted by molar-refractivity contribution is 5.98. The van der Waals surface area contributed by atoms with Gasteiger partial charge in [-0.25, -0.2) is 9.78 Å². The standard InChI is InChI=1S/C29H26N2O3/c1-17-7-14-26(34-17)24-13-9-19-15-20(10-12-23(19)30-24)28-27(18-5-3-2-4-6-18)22-11-8-21(29(32)33)16-25(22)31-28/h7-16,18,31H,2-6H2,1H3,(H,32,33). The number of furan rings is 1. The Labute approximate surface area is 197 Å². The van der Waals surface area contributed by atoms with Crippen LogP contribution in [-0.2, 0) is 0 Å². The summed E-state index contributed by atoms with van der Waals surface area (Å²) in [5.41, 5.74) is 6.45. The number of aromatic nitrogens is 2. The van der Waals surface area contributed by atoms with E-state index in [1.165, 1.54) is 37.7 Å². The van der Waals surface area contributed by atoms with Gasteiger partial charge in [-0.15, -0.1) is 0 Å². The minimum absolute atomic E-state index is 0.305. The molecule has 3 aromatic heterocycles. The lowest BCUT2D eigenvalue weighted by Crippen LogP contribution is -2.05. The number of aromatic carboxylic acids is 1. The quantitative estimate of drug-likeness (QED) is 0.294. The van der Waals surface area contributed by atoms with Crippen LogP contribution in [0.15, 0.2) is 65.1 Å². The number of rotatable bonds is 4. The molecule has 1 aliphatic rings. The summed E-state index contributed by atoms with van der Waals surface area (Å²) in [6, 6.07) is 19.8. The lowest BCUT2D eigenvalue weighted by molar-refractivity contribution is 0.0697. The molecule has 0 radical (unpaired) electrons. The summed E-state index contributed by atoms with van der Waals surface area (Å²) in [5, 5.41) is 11.7. The molecule has 0 unspecified atom stereocenters. The summed E-state index contributed by atoms with van der Waals surface area (Å²) < 4.78 is 5.75. The highest BCUT2D eigenvalue weighted by Gasteiger charge is 2.24. The fourth-order valence-corrected chi connectivity index (χ4v) is 5.39. The van der Waals surface area contributed by atoms with Gasteiger partial charge < -0.3 is 14.5 Å². The number of hydrogen-bond donors (Lipinski definition) is 2. The number of carbonyl (C=O) groups is 1. The molecule has 1 aliphatic carbocycles. The van der Waals surface area contributed by atoms with Crippen LogP contribution >= 0.6 is 0 Å². The van der Waals surface area contributed by atoms with Crippen molar-refractivity contribution in [3.05, 3.63) is 77.6 Å². The van der Waals surface area contributed by atoms with Gasteiger partial charge in [0.2, 0.25) is 0 Å². The molecule has 3 heterocycles. The molecule has 0 spiro atoms. The maximum absolute atomic E-state index is 11.6. The van der Waals surface area contributed by atoms with E-state index < -0.39 is 5.97 Å². The predicted octanol–water partition coefficient (Wildman–Crippen LogP) is 7.70. The molecule has 0 amide bonds. The SMILES string of the molecule is Cc1ccc(-c2ccc3cc(-c4[nH]c5cc(C(=O)O)ccc5c4C4CCCCC4)ccc3n2)o1. The van der Waals surface area contributed by atoms with E-state index in [1.54, 1.807) is 12.1 Å². The Morgan fingerprint density at radius 3 is 2.62 bits per heavy atom. The topological polar surface area (TPSA) is 79.1 Å². The molecule has 0 aliphatic heterocycles. The number of nitrogens with zero attached hydrogens (tertiary/aromatic N) is 1. The lowest BCUT2D eigenvalue weighted by atomic mass is 9.81. The fraction of sp³-hybridized carbons (Fsp3) is 0.241. The Balaban J connectivity index is 1.48. The number of aromatic amines is 1. The van der Waals surface area contributed by atoms with E-state index in [0.29, 0.717) is 11.5 Å². The molecule has 5 nitrogen and oxygen atoms in total. The molecule has 170 valence electrons. The van der Waals surface area contributed by atoms with Gasteiger partial charge in [0.05, 0.1) is 11.1 Å². The largest absolute Gasteiger partial charge is 0.478 e. The number of fused-ring (bicyclic) bond motifs is 2. The molecule has 6 rings (SSSR count). The smallest absolute Gasteiger partial charge is 0.335 e. The third-order valence-electron chi connectivity index (χ3n) is 7.07. The average Bonchev–Trinajstić information content (AvgIpc) is 3.47. The van der Waals surface area contributed by atoms with Crippen molar-refractivity contribution < 1.29 is 14.3 Å². The van der Waals surface area contributed by atoms with Gasteiger partial charge in [-0.2, -0.15) is 0 Å². The van der Waals surface area contributed by atoms with Crippen molar-refractivity contribution in [2.75, 3.05) is 0 Å². The van der Waals surface area contributed by atoms with E-state index >= 15 is 0 Å². The fourth-order valence-electron chi connectivity index (χ4n) is 5.39. The number of nitrogens with one attached hydrogen (secondary N) is 1. The van der Waals surface area contributed by atoms with Crippen LogP contribution in [0.25, 0.3) is 44.5 Å². The van der Waals surface area contributed by atoms with E-state index in [0.717, 1.165) is 50.3 Å². The summed E-state index contributed by atoms with van der Waals surface area (Å²) in [7, 11) is 0. The van der Waals surface area contributed by atoms with E-state index in [1.807, 2.05) is 31.2 Å². The summed E-state index contributed by atoms with van der Waals surface area (Å²) in [6.45, 7) is 1.93. The van der Waals surface area contributed by atoms with Gasteiger partial charge in [0.1, 0.15) is 11.5 Å². The molecule has 5 heteroatoms. The Kier molecular flexibility index (Phi) is 4.98. The molecule has 2 N–H and O–H groups in total. The number of hydrogen-bond acceptors (Lipinski definition) is 3. The second-order valence-corrected chi connectivity index (χ2v) is 9.33. The van der Waals surface area contributed by atoms with Gasteiger partial charge in [0.15, 0.2) is 5.76 Å². The zero-order valence-electron chi connectivity index (χ0n) is 19.1. The molecule has 1 fully saturated rings. The van der Waals surface area contributed by atoms with E-state index in [-0.39, 0.29) is 0 Å². The van der Waals surface area contributed by atoms with Crippen LogP contribution in [0.2, 0.25) is 0 Å². The Bertz CT molecular complexity index is 1540. The van der Waals surface area contributed by atoms with Gasteiger partial charge in [0.25, 0.3) is 0 Å². The second kappa shape index (κ2) is 8.17. The van der Waals surface area contributed by atoms with Crippen LogP contribution in [0, 0.1) is 6.92 Å². The van der Waals surface area contributed by atoms with Crippen molar-refractivity contribution in [2.24, 2.45) is 0 Å². The zero-order chi connectivity index (χ0) is 23.2. The number of H-pyrrole nitrogens is 1. The maximum atomic E-state index is 11.6. The third-order valence-corrected chi connectivity index (χ3v) is 7.07. The Morgan fingerprint density at radius 1 is 1.00 bits per heavy atom. The third kappa shape index (κ3) is 3.58. The van der Waals surface area contributed by atoms with Crippen LogP contribution in [0.3, 0.4) is 0 Å². The van der Waals surface area contributed by atoms with Crippen molar-refractivity contribution >= 4 is 27.8 Å². The lowest BCUT2D eigenvalue weighted by Gasteiger charge is -2.23. The van der Waals surface area contributed by atoms with Gasteiger partial charge >= 0.3 is 5.97 Å². The Morgan fingerprint density at radius 2 is 1.85 bits per heavy atom. The van der Waals surface area contributed by atoms with Crippen LogP contribution in [0.4, 0.5) is 0 Å². The molecular formula is C29H26N2O3. The first-order valence-corrected chi connectivity index (χ1v) is 11.9. The highest BCUT2D eigenvalue weighted by atomic mass is 16.4. The van der Waals surface area contributed by atoms with Gasteiger partial charge in [-0.1, -0.05) is 37.5 Å². The predicted molar refractivity (Wildman–Crippen MR) is 134 cm³/mol.